The standard InChI is InChI=1S/C22H17ClN2O4/c1-13-6-9-15(23)12-19(13)25-20(26)14-7-10-16(11-8-14)24-21(27)17-4-2-3-5-18(17)22(28)29/h2-12H,1H3,(H,24,27)(H,25,26)(H,28,29). The SMILES string of the molecule is Cc1ccc(Cl)cc1NC(=O)c1ccc(NC(=O)c2ccccc2C(=O)O)cc1. The number of aromatic carboxylic acids is 1. The van der Waals surface area contributed by atoms with E-state index in [2.05, 4.69) is 10.6 Å². The minimum atomic E-state index is -1.18. The molecule has 3 aromatic rings. The molecular weight excluding hydrogens is 392 g/mol. The predicted octanol–water partition coefficient (Wildman–Crippen LogP) is 4.85. The molecule has 0 aliphatic rings. The normalized spacial score (nSPS) is 10.3. The van der Waals surface area contributed by atoms with Crippen LogP contribution in [0.25, 0.3) is 0 Å². The fourth-order valence-corrected chi connectivity index (χ4v) is 2.87. The molecule has 6 nitrogen and oxygen atoms in total. The fraction of sp³-hybridized carbons (Fsp3) is 0.0455. The number of amides is 2. The fourth-order valence-electron chi connectivity index (χ4n) is 2.69. The van der Waals surface area contributed by atoms with Crippen molar-refractivity contribution in [3.8, 4) is 0 Å². The van der Waals surface area contributed by atoms with E-state index < -0.39 is 11.9 Å². The Balaban J connectivity index is 1.72. The molecule has 0 aliphatic heterocycles. The van der Waals surface area contributed by atoms with E-state index in [1.165, 1.54) is 12.1 Å². The summed E-state index contributed by atoms with van der Waals surface area (Å²) in [5.74, 6) is -2.04. The third-order valence-electron chi connectivity index (χ3n) is 4.25. The van der Waals surface area contributed by atoms with Crippen LogP contribution in [-0.2, 0) is 0 Å². The highest BCUT2D eigenvalue weighted by atomic mass is 35.5. The van der Waals surface area contributed by atoms with Crippen LogP contribution in [0.2, 0.25) is 5.02 Å². The van der Waals surface area contributed by atoms with E-state index in [9.17, 15) is 19.5 Å². The minimum absolute atomic E-state index is 0.0539. The molecular formula is C22H17ClN2O4. The zero-order chi connectivity index (χ0) is 21.0. The summed E-state index contributed by atoms with van der Waals surface area (Å²) in [7, 11) is 0. The Morgan fingerprint density at radius 2 is 1.48 bits per heavy atom. The second-order valence-corrected chi connectivity index (χ2v) is 6.73. The number of benzene rings is 3. The van der Waals surface area contributed by atoms with Gasteiger partial charge in [-0.25, -0.2) is 4.79 Å². The Bertz CT molecular complexity index is 1090. The van der Waals surface area contributed by atoms with Crippen molar-refractivity contribution in [2.75, 3.05) is 10.6 Å². The van der Waals surface area contributed by atoms with Crippen molar-refractivity contribution in [2.45, 2.75) is 6.92 Å². The molecule has 0 saturated heterocycles. The third kappa shape index (κ3) is 4.80. The van der Waals surface area contributed by atoms with Crippen LogP contribution in [0.3, 0.4) is 0 Å². The zero-order valence-corrected chi connectivity index (χ0v) is 16.2. The Hall–Kier alpha value is -3.64. The van der Waals surface area contributed by atoms with Crippen molar-refractivity contribution < 1.29 is 19.5 Å². The van der Waals surface area contributed by atoms with E-state index in [4.69, 9.17) is 11.6 Å². The van der Waals surface area contributed by atoms with Crippen molar-refractivity contribution >= 4 is 40.8 Å². The van der Waals surface area contributed by atoms with Crippen LogP contribution in [-0.4, -0.2) is 22.9 Å². The first kappa shape index (κ1) is 20.1. The number of nitrogens with one attached hydrogen (secondary N) is 2. The van der Waals surface area contributed by atoms with E-state index in [-0.39, 0.29) is 17.0 Å². The molecule has 0 aromatic heterocycles. The maximum Gasteiger partial charge on any atom is 0.336 e. The molecule has 0 fully saturated rings. The summed E-state index contributed by atoms with van der Waals surface area (Å²) in [4.78, 5) is 36.1. The van der Waals surface area contributed by atoms with Gasteiger partial charge in [0.05, 0.1) is 11.1 Å². The summed E-state index contributed by atoms with van der Waals surface area (Å²) in [5, 5.41) is 15.2. The van der Waals surface area contributed by atoms with E-state index in [1.54, 1.807) is 48.5 Å². The Morgan fingerprint density at radius 1 is 0.828 bits per heavy atom. The maximum atomic E-state index is 12.4. The first-order valence-electron chi connectivity index (χ1n) is 8.66. The number of rotatable bonds is 5. The van der Waals surface area contributed by atoms with Gasteiger partial charge in [0.15, 0.2) is 0 Å². The Morgan fingerprint density at radius 3 is 2.14 bits per heavy atom. The largest absolute Gasteiger partial charge is 0.478 e. The maximum absolute atomic E-state index is 12.4. The lowest BCUT2D eigenvalue weighted by Crippen LogP contribution is -2.16. The smallest absolute Gasteiger partial charge is 0.336 e. The molecule has 0 unspecified atom stereocenters. The highest BCUT2D eigenvalue weighted by molar-refractivity contribution is 6.31. The van der Waals surface area contributed by atoms with E-state index in [0.717, 1.165) is 5.56 Å². The average Bonchev–Trinajstić information content (AvgIpc) is 2.71. The first-order chi connectivity index (χ1) is 13.8. The van der Waals surface area contributed by atoms with E-state index >= 15 is 0 Å². The number of hydrogen-bond donors (Lipinski definition) is 3. The predicted molar refractivity (Wildman–Crippen MR) is 112 cm³/mol. The second kappa shape index (κ2) is 8.58. The third-order valence-corrected chi connectivity index (χ3v) is 4.49. The lowest BCUT2D eigenvalue weighted by molar-refractivity contribution is 0.0692. The van der Waals surface area contributed by atoms with Crippen LogP contribution >= 0.6 is 11.6 Å². The van der Waals surface area contributed by atoms with Crippen molar-refractivity contribution in [2.24, 2.45) is 0 Å². The zero-order valence-electron chi connectivity index (χ0n) is 15.4. The van der Waals surface area contributed by atoms with Gasteiger partial charge in [0.25, 0.3) is 11.8 Å². The lowest BCUT2D eigenvalue weighted by Gasteiger charge is -2.10. The number of aryl methyl sites for hydroxylation is 1. The van der Waals surface area contributed by atoms with Gasteiger partial charge in [-0.1, -0.05) is 29.8 Å². The summed E-state index contributed by atoms with van der Waals surface area (Å²) >= 11 is 5.97. The topological polar surface area (TPSA) is 95.5 Å². The molecule has 3 aromatic carbocycles. The quantitative estimate of drug-likeness (QED) is 0.562. The molecule has 0 aliphatic carbocycles. The van der Waals surface area contributed by atoms with Crippen LogP contribution in [0.4, 0.5) is 11.4 Å². The minimum Gasteiger partial charge on any atom is -0.478 e. The number of halogens is 1. The molecule has 2 amide bonds. The number of anilines is 2. The summed E-state index contributed by atoms with van der Waals surface area (Å²) in [6.45, 7) is 1.86. The van der Waals surface area contributed by atoms with Crippen molar-refractivity contribution in [1.29, 1.82) is 0 Å². The van der Waals surface area contributed by atoms with Gasteiger partial charge in [0.2, 0.25) is 0 Å². The van der Waals surface area contributed by atoms with Crippen molar-refractivity contribution in [3.05, 3.63) is 94.0 Å². The second-order valence-electron chi connectivity index (χ2n) is 6.30. The van der Waals surface area contributed by atoms with Gasteiger partial charge in [-0.2, -0.15) is 0 Å². The molecule has 29 heavy (non-hydrogen) atoms. The van der Waals surface area contributed by atoms with Gasteiger partial charge in [-0.3, -0.25) is 9.59 Å². The number of carboxylic acids is 1. The van der Waals surface area contributed by atoms with Crippen LogP contribution in [0, 0.1) is 6.92 Å². The summed E-state index contributed by atoms with van der Waals surface area (Å²) < 4.78 is 0. The first-order valence-corrected chi connectivity index (χ1v) is 9.04. The van der Waals surface area contributed by atoms with E-state index in [1.807, 2.05) is 13.0 Å². The van der Waals surface area contributed by atoms with E-state index in [0.29, 0.717) is 22.0 Å². The van der Waals surface area contributed by atoms with Crippen LogP contribution in [0.1, 0.15) is 36.6 Å². The van der Waals surface area contributed by atoms with Crippen LogP contribution in [0.5, 0.6) is 0 Å². The monoisotopic (exact) mass is 408 g/mol. The molecule has 0 heterocycles. The number of carboxylic acid groups (broad SMARTS) is 1. The molecule has 0 saturated carbocycles. The molecule has 0 atom stereocenters. The van der Waals surface area contributed by atoms with Gasteiger partial charge in [0.1, 0.15) is 0 Å². The van der Waals surface area contributed by atoms with Crippen LogP contribution in [0.15, 0.2) is 66.7 Å². The van der Waals surface area contributed by atoms with Gasteiger partial charge < -0.3 is 15.7 Å². The summed E-state index contributed by atoms with van der Waals surface area (Å²) in [6.07, 6.45) is 0. The van der Waals surface area contributed by atoms with Gasteiger partial charge in [0, 0.05) is 22.0 Å². The molecule has 3 rings (SSSR count). The molecule has 3 N–H and O–H groups in total. The molecule has 0 radical (unpaired) electrons. The van der Waals surface area contributed by atoms with Gasteiger partial charge in [-0.15, -0.1) is 0 Å². The number of hydrogen-bond acceptors (Lipinski definition) is 3. The molecule has 0 bridgehead atoms. The molecule has 146 valence electrons. The highest BCUT2D eigenvalue weighted by Gasteiger charge is 2.16. The summed E-state index contributed by atoms with van der Waals surface area (Å²) in [6, 6.07) is 17.4. The summed E-state index contributed by atoms with van der Waals surface area (Å²) in [5.41, 5.74) is 2.30. The van der Waals surface area contributed by atoms with Crippen LogP contribution < -0.4 is 10.6 Å². The van der Waals surface area contributed by atoms with Crippen molar-refractivity contribution in [3.63, 3.8) is 0 Å². The average molecular weight is 409 g/mol. The highest BCUT2D eigenvalue weighted by Crippen LogP contribution is 2.21. The lowest BCUT2D eigenvalue weighted by atomic mass is 10.1. The van der Waals surface area contributed by atoms with Crippen molar-refractivity contribution in [1.82, 2.24) is 0 Å². The van der Waals surface area contributed by atoms with Gasteiger partial charge in [-0.05, 0) is 61.0 Å². The number of carbonyl (C=O) groups excluding carboxylic acids is 2. The Labute approximate surface area is 172 Å². The molecule has 0 spiro atoms. The number of carbonyl (C=O) groups is 3. The van der Waals surface area contributed by atoms with Gasteiger partial charge >= 0.3 is 5.97 Å². The Kier molecular flexibility index (Phi) is 5.95. The molecule has 7 heteroatoms.